The van der Waals surface area contributed by atoms with E-state index in [1.165, 1.54) is 17.0 Å². The maximum absolute atomic E-state index is 12.3. The molecule has 1 amide bonds. The van der Waals surface area contributed by atoms with Crippen LogP contribution in [0.25, 0.3) is 0 Å². The summed E-state index contributed by atoms with van der Waals surface area (Å²) in [5.41, 5.74) is 0.322. The maximum Gasteiger partial charge on any atom is 0.308 e. The van der Waals surface area contributed by atoms with Crippen molar-refractivity contribution in [2.75, 3.05) is 6.54 Å². The first-order valence-electron chi connectivity index (χ1n) is 5.77. The van der Waals surface area contributed by atoms with Crippen LogP contribution in [0.15, 0.2) is 12.1 Å². The Morgan fingerprint density at radius 3 is 2.42 bits per heavy atom. The molecule has 2 rings (SSSR count). The van der Waals surface area contributed by atoms with Crippen LogP contribution in [0.5, 0.6) is 0 Å². The summed E-state index contributed by atoms with van der Waals surface area (Å²) in [6, 6.07) is 2.50. The average molecular weight is 303 g/mol. The van der Waals surface area contributed by atoms with Crippen LogP contribution >= 0.6 is 23.2 Å². The molecule has 1 aliphatic heterocycles. The van der Waals surface area contributed by atoms with Crippen molar-refractivity contribution in [3.63, 3.8) is 0 Å². The van der Waals surface area contributed by atoms with Gasteiger partial charge >= 0.3 is 5.97 Å². The molecule has 1 fully saturated rings. The maximum atomic E-state index is 12.3. The van der Waals surface area contributed by atoms with Crippen LogP contribution in [-0.2, 0) is 4.79 Å². The molecule has 1 aromatic heterocycles. The lowest BCUT2D eigenvalue weighted by atomic mass is 10.0. The van der Waals surface area contributed by atoms with Crippen molar-refractivity contribution in [1.29, 1.82) is 0 Å². The minimum atomic E-state index is -0.881. The molecule has 0 aliphatic carbocycles. The highest BCUT2D eigenvalue weighted by molar-refractivity contribution is 6.33. The van der Waals surface area contributed by atoms with Crippen molar-refractivity contribution in [1.82, 2.24) is 9.88 Å². The van der Waals surface area contributed by atoms with Gasteiger partial charge in [-0.1, -0.05) is 23.2 Å². The molecule has 5 nitrogen and oxygen atoms in total. The van der Waals surface area contributed by atoms with Gasteiger partial charge in [0.2, 0.25) is 0 Å². The molecule has 19 heavy (non-hydrogen) atoms. The lowest BCUT2D eigenvalue weighted by Crippen LogP contribution is -2.37. The van der Waals surface area contributed by atoms with Gasteiger partial charge in [0, 0.05) is 18.2 Å². The van der Waals surface area contributed by atoms with Crippen LogP contribution in [-0.4, -0.2) is 39.5 Å². The molecule has 0 bridgehead atoms. The van der Waals surface area contributed by atoms with E-state index in [1.807, 2.05) is 0 Å². The number of aliphatic carboxylic acids is 1. The molecule has 0 radical (unpaired) electrons. The van der Waals surface area contributed by atoms with E-state index in [0.29, 0.717) is 18.5 Å². The van der Waals surface area contributed by atoms with Gasteiger partial charge in [0.25, 0.3) is 5.91 Å². The summed E-state index contributed by atoms with van der Waals surface area (Å²) in [7, 11) is 0. The third-order valence-electron chi connectivity index (χ3n) is 3.34. The Balaban J connectivity index is 2.23. The number of aromatic nitrogens is 1. The van der Waals surface area contributed by atoms with Crippen molar-refractivity contribution in [2.24, 2.45) is 5.92 Å². The number of halogens is 2. The molecular weight excluding hydrogens is 291 g/mol. The zero-order chi connectivity index (χ0) is 14.2. The van der Waals surface area contributed by atoms with Crippen LogP contribution in [0.1, 0.15) is 23.7 Å². The second-order valence-electron chi connectivity index (χ2n) is 4.47. The van der Waals surface area contributed by atoms with Gasteiger partial charge in [-0.25, -0.2) is 4.98 Å². The molecule has 1 N–H and O–H groups in total. The predicted octanol–water partition coefficient (Wildman–Crippen LogP) is 2.32. The van der Waals surface area contributed by atoms with E-state index in [-0.39, 0.29) is 22.3 Å². The quantitative estimate of drug-likeness (QED) is 0.851. The number of rotatable bonds is 2. The number of carboxylic acids is 1. The Hall–Kier alpha value is -1.33. The fourth-order valence-electron chi connectivity index (χ4n) is 2.31. The van der Waals surface area contributed by atoms with Crippen LogP contribution in [0, 0.1) is 5.92 Å². The molecule has 0 aromatic carbocycles. The second kappa shape index (κ2) is 5.35. The summed E-state index contributed by atoms with van der Waals surface area (Å²) in [5.74, 6) is -1.69. The molecule has 2 atom stereocenters. The van der Waals surface area contributed by atoms with E-state index in [4.69, 9.17) is 28.3 Å². The van der Waals surface area contributed by atoms with Crippen LogP contribution in [0.3, 0.4) is 0 Å². The fraction of sp³-hybridized carbons (Fsp3) is 0.417. The van der Waals surface area contributed by atoms with E-state index in [2.05, 4.69) is 4.98 Å². The molecule has 0 saturated carbocycles. The smallest absolute Gasteiger partial charge is 0.308 e. The van der Waals surface area contributed by atoms with E-state index in [0.717, 1.165) is 0 Å². The van der Waals surface area contributed by atoms with Gasteiger partial charge in [-0.15, -0.1) is 0 Å². The van der Waals surface area contributed by atoms with Gasteiger partial charge in [-0.3, -0.25) is 9.59 Å². The van der Waals surface area contributed by atoms with E-state index in [9.17, 15) is 9.59 Å². The van der Waals surface area contributed by atoms with Crippen LogP contribution < -0.4 is 0 Å². The average Bonchev–Trinajstić information content (AvgIpc) is 2.69. The fourth-order valence-corrected chi connectivity index (χ4v) is 2.77. The number of amides is 1. The Bertz CT molecular complexity index is 515. The normalized spacial score (nSPS) is 22.6. The highest BCUT2D eigenvalue weighted by Gasteiger charge is 2.38. The number of hydrogen-bond donors (Lipinski definition) is 1. The van der Waals surface area contributed by atoms with Gasteiger partial charge in [-0.05, 0) is 25.5 Å². The first-order chi connectivity index (χ1) is 8.90. The lowest BCUT2D eigenvalue weighted by molar-refractivity contribution is -0.142. The van der Waals surface area contributed by atoms with E-state index in [1.54, 1.807) is 6.92 Å². The number of carbonyl (C=O) groups excluding carboxylic acids is 1. The molecule has 7 heteroatoms. The van der Waals surface area contributed by atoms with Gasteiger partial charge in [0.1, 0.15) is 10.3 Å². The number of carboxylic acid groups (broad SMARTS) is 1. The molecule has 2 heterocycles. The lowest BCUT2D eigenvalue weighted by Gasteiger charge is -2.23. The first kappa shape index (κ1) is 14.1. The molecule has 1 aliphatic rings. The highest BCUT2D eigenvalue weighted by Crippen LogP contribution is 2.27. The van der Waals surface area contributed by atoms with Crippen molar-refractivity contribution < 1.29 is 14.7 Å². The number of carbonyl (C=O) groups is 2. The van der Waals surface area contributed by atoms with Gasteiger partial charge in [-0.2, -0.15) is 0 Å². The summed E-state index contributed by atoms with van der Waals surface area (Å²) in [6.45, 7) is 2.14. The Morgan fingerprint density at radius 1 is 1.37 bits per heavy atom. The van der Waals surface area contributed by atoms with Crippen LogP contribution in [0.4, 0.5) is 0 Å². The van der Waals surface area contributed by atoms with Crippen LogP contribution in [0.2, 0.25) is 10.3 Å². The number of nitrogens with zero attached hydrogens (tertiary/aromatic N) is 2. The summed E-state index contributed by atoms with van der Waals surface area (Å²) in [5, 5.41) is 9.32. The molecule has 1 aromatic rings. The molecular formula is C12H12Cl2N2O3. The standard InChI is InChI=1S/C12H12Cl2N2O3/c1-6-8(12(18)19)2-3-16(6)11(17)7-4-9(13)15-10(14)5-7/h4-6,8H,2-3H2,1H3,(H,18,19). The zero-order valence-corrected chi connectivity index (χ0v) is 11.6. The highest BCUT2D eigenvalue weighted by atomic mass is 35.5. The summed E-state index contributed by atoms with van der Waals surface area (Å²) in [4.78, 5) is 28.7. The SMILES string of the molecule is CC1C(C(=O)O)CCN1C(=O)c1cc(Cl)nc(Cl)c1. The largest absolute Gasteiger partial charge is 0.481 e. The summed E-state index contributed by atoms with van der Waals surface area (Å²) < 4.78 is 0. The van der Waals surface area contributed by atoms with Gasteiger partial charge < -0.3 is 10.0 Å². The minimum Gasteiger partial charge on any atom is -0.481 e. The van der Waals surface area contributed by atoms with Crippen molar-refractivity contribution in [3.05, 3.63) is 28.0 Å². The Morgan fingerprint density at radius 2 is 1.95 bits per heavy atom. The summed E-state index contributed by atoms with van der Waals surface area (Å²) >= 11 is 11.5. The monoisotopic (exact) mass is 302 g/mol. The number of likely N-dealkylation sites (tertiary alicyclic amines) is 1. The van der Waals surface area contributed by atoms with E-state index < -0.39 is 11.9 Å². The second-order valence-corrected chi connectivity index (χ2v) is 5.25. The first-order valence-corrected chi connectivity index (χ1v) is 6.52. The van der Waals surface area contributed by atoms with Crippen molar-refractivity contribution >= 4 is 35.1 Å². The van der Waals surface area contributed by atoms with Crippen molar-refractivity contribution in [3.8, 4) is 0 Å². The Labute approximate surface area is 120 Å². The van der Waals surface area contributed by atoms with Gasteiger partial charge in [0.05, 0.1) is 5.92 Å². The van der Waals surface area contributed by atoms with E-state index >= 15 is 0 Å². The number of pyridine rings is 1. The number of hydrogen-bond acceptors (Lipinski definition) is 3. The molecule has 1 saturated heterocycles. The summed E-state index contributed by atoms with van der Waals surface area (Å²) in [6.07, 6.45) is 0.453. The minimum absolute atomic E-state index is 0.137. The van der Waals surface area contributed by atoms with Crippen molar-refractivity contribution in [2.45, 2.75) is 19.4 Å². The molecule has 2 unspecified atom stereocenters. The zero-order valence-electron chi connectivity index (χ0n) is 10.1. The third-order valence-corrected chi connectivity index (χ3v) is 3.73. The topological polar surface area (TPSA) is 70.5 Å². The predicted molar refractivity (Wildman–Crippen MR) is 70.5 cm³/mol. The molecule has 0 spiro atoms. The Kier molecular flexibility index (Phi) is 3.96. The van der Waals surface area contributed by atoms with Gasteiger partial charge in [0.15, 0.2) is 0 Å². The molecule has 102 valence electrons. The third kappa shape index (κ3) is 2.82.